The van der Waals surface area contributed by atoms with Crippen molar-refractivity contribution in [1.82, 2.24) is 9.80 Å². The van der Waals surface area contributed by atoms with Crippen LogP contribution in [0.4, 0.5) is 4.79 Å². The highest BCUT2D eigenvalue weighted by atomic mass is 16.6. The van der Waals surface area contributed by atoms with E-state index in [0.717, 1.165) is 17.5 Å². The molecule has 2 amide bonds. The number of carbonyl (C=O) groups is 2. The monoisotopic (exact) mass is 390 g/mol. The molecule has 4 unspecified atom stereocenters. The molecule has 2 fully saturated rings. The predicted octanol–water partition coefficient (Wildman–Crippen LogP) is 4.17. The summed E-state index contributed by atoms with van der Waals surface area (Å²) in [7, 11) is 0. The maximum absolute atomic E-state index is 13.2. The van der Waals surface area contributed by atoms with Crippen molar-refractivity contribution in [3.63, 3.8) is 0 Å². The largest absolute Gasteiger partial charge is 0.447 e. The molecule has 4 atom stereocenters. The molecule has 0 bridgehead atoms. The molecule has 2 aromatic rings. The highest BCUT2D eigenvalue weighted by Crippen LogP contribution is 2.39. The van der Waals surface area contributed by atoms with Crippen molar-refractivity contribution in [3.8, 4) is 0 Å². The number of carbonyl (C=O) groups excluding carboxylic acids is 2. The number of benzene rings is 2. The second-order valence-corrected chi connectivity index (χ2v) is 7.82. The van der Waals surface area contributed by atoms with E-state index in [2.05, 4.69) is 13.5 Å². The van der Waals surface area contributed by atoms with E-state index in [1.807, 2.05) is 71.6 Å². The number of β-lactam (4-membered cyclic amide) rings is 1. The van der Waals surface area contributed by atoms with Gasteiger partial charge in [-0.1, -0.05) is 73.7 Å². The highest BCUT2D eigenvalue weighted by molar-refractivity contribution is 5.93. The van der Waals surface area contributed by atoms with Crippen LogP contribution in [0.2, 0.25) is 0 Å². The van der Waals surface area contributed by atoms with E-state index < -0.39 is 12.1 Å². The summed E-state index contributed by atoms with van der Waals surface area (Å²) in [5.74, 6) is 0.220. The summed E-state index contributed by atoms with van der Waals surface area (Å²) in [5, 5.41) is 0. The number of ether oxygens (including phenoxy) is 1. The molecule has 0 saturated carbocycles. The molecule has 0 N–H and O–H groups in total. The zero-order valence-corrected chi connectivity index (χ0v) is 16.6. The van der Waals surface area contributed by atoms with Gasteiger partial charge >= 0.3 is 6.09 Å². The third-order valence-corrected chi connectivity index (χ3v) is 5.91. The Kier molecular flexibility index (Phi) is 5.38. The molecule has 0 aromatic heterocycles. The van der Waals surface area contributed by atoms with Crippen LogP contribution in [0.25, 0.3) is 0 Å². The SMILES string of the molecule is C=CC(C)CC1C(N2C(=O)OCC2c2ccccc2)C(=O)N1Cc1ccccc1. The summed E-state index contributed by atoms with van der Waals surface area (Å²) in [6.45, 7) is 6.80. The number of allylic oxidation sites excluding steroid dienone is 1. The lowest BCUT2D eigenvalue weighted by atomic mass is 9.84. The molecular formula is C24H26N2O3. The second-order valence-electron chi connectivity index (χ2n) is 7.82. The lowest BCUT2D eigenvalue weighted by Gasteiger charge is -2.51. The average Bonchev–Trinajstić information content (AvgIpc) is 3.13. The van der Waals surface area contributed by atoms with Crippen LogP contribution < -0.4 is 0 Å². The van der Waals surface area contributed by atoms with E-state index in [0.29, 0.717) is 6.54 Å². The van der Waals surface area contributed by atoms with Crippen molar-refractivity contribution in [3.05, 3.63) is 84.4 Å². The molecule has 4 rings (SSSR count). The second kappa shape index (κ2) is 8.11. The van der Waals surface area contributed by atoms with Gasteiger partial charge in [0.15, 0.2) is 0 Å². The summed E-state index contributed by atoms with van der Waals surface area (Å²) in [6.07, 6.45) is 2.25. The molecule has 2 saturated heterocycles. The Hall–Kier alpha value is -3.08. The third kappa shape index (κ3) is 3.65. The summed E-state index contributed by atoms with van der Waals surface area (Å²) in [5.41, 5.74) is 2.07. The van der Waals surface area contributed by atoms with Crippen LogP contribution in [-0.2, 0) is 16.1 Å². The molecule has 5 heteroatoms. The van der Waals surface area contributed by atoms with Crippen LogP contribution in [0.5, 0.6) is 0 Å². The van der Waals surface area contributed by atoms with Gasteiger partial charge in [0.05, 0.1) is 12.1 Å². The fraction of sp³-hybridized carbons (Fsp3) is 0.333. The quantitative estimate of drug-likeness (QED) is 0.527. The van der Waals surface area contributed by atoms with E-state index in [9.17, 15) is 9.59 Å². The Morgan fingerprint density at radius 3 is 2.41 bits per heavy atom. The van der Waals surface area contributed by atoms with Crippen LogP contribution in [0.3, 0.4) is 0 Å². The Morgan fingerprint density at radius 1 is 1.10 bits per heavy atom. The maximum Gasteiger partial charge on any atom is 0.411 e. The zero-order valence-electron chi connectivity index (χ0n) is 16.6. The van der Waals surface area contributed by atoms with Crippen molar-refractivity contribution >= 4 is 12.0 Å². The van der Waals surface area contributed by atoms with Gasteiger partial charge in [0, 0.05) is 6.54 Å². The summed E-state index contributed by atoms with van der Waals surface area (Å²) in [4.78, 5) is 29.4. The molecule has 29 heavy (non-hydrogen) atoms. The van der Waals surface area contributed by atoms with Crippen LogP contribution in [0.15, 0.2) is 73.3 Å². The Balaban J connectivity index is 1.61. The van der Waals surface area contributed by atoms with Gasteiger partial charge in [0.1, 0.15) is 12.6 Å². The Morgan fingerprint density at radius 2 is 1.76 bits per heavy atom. The number of cyclic esters (lactones) is 1. The number of amides is 2. The normalized spacial score (nSPS) is 24.8. The first-order chi connectivity index (χ1) is 14.1. The summed E-state index contributed by atoms with van der Waals surface area (Å²) < 4.78 is 5.37. The summed E-state index contributed by atoms with van der Waals surface area (Å²) in [6, 6.07) is 18.9. The first-order valence-corrected chi connectivity index (χ1v) is 10.1. The number of rotatable bonds is 7. The topological polar surface area (TPSA) is 49.9 Å². The highest BCUT2D eigenvalue weighted by Gasteiger charge is 2.55. The lowest BCUT2D eigenvalue weighted by molar-refractivity contribution is -0.160. The van der Waals surface area contributed by atoms with E-state index in [1.54, 1.807) is 4.90 Å². The first-order valence-electron chi connectivity index (χ1n) is 10.1. The minimum absolute atomic E-state index is 0.0186. The molecule has 0 spiro atoms. The minimum atomic E-state index is -0.499. The molecule has 2 aromatic carbocycles. The molecule has 2 aliphatic rings. The number of likely N-dealkylation sites (tertiary alicyclic amines) is 1. The van der Waals surface area contributed by atoms with Gasteiger partial charge < -0.3 is 9.64 Å². The average molecular weight is 390 g/mol. The smallest absolute Gasteiger partial charge is 0.411 e. The third-order valence-electron chi connectivity index (χ3n) is 5.91. The van der Waals surface area contributed by atoms with Crippen LogP contribution >= 0.6 is 0 Å². The number of hydrogen-bond donors (Lipinski definition) is 0. The first kappa shape index (κ1) is 19.2. The molecule has 150 valence electrons. The van der Waals surface area contributed by atoms with Gasteiger partial charge in [-0.25, -0.2) is 4.79 Å². The van der Waals surface area contributed by atoms with Crippen molar-refractivity contribution in [2.24, 2.45) is 5.92 Å². The molecule has 0 radical (unpaired) electrons. The molecule has 0 aliphatic carbocycles. The Bertz CT molecular complexity index is 884. The fourth-order valence-electron chi connectivity index (χ4n) is 4.27. The molecule has 2 aliphatic heterocycles. The van der Waals surface area contributed by atoms with Crippen molar-refractivity contribution < 1.29 is 14.3 Å². The lowest BCUT2D eigenvalue weighted by Crippen LogP contribution is -2.70. The fourth-order valence-corrected chi connectivity index (χ4v) is 4.27. The van der Waals surface area contributed by atoms with Gasteiger partial charge in [0.2, 0.25) is 5.91 Å². The van der Waals surface area contributed by atoms with Gasteiger partial charge in [-0.15, -0.1) is 6.58 Å². The summed E-state index contributed by atoms with van der Waals surface area (Å²) >= 11 is 0. The van der Waals surface area contributed by atoms with Crippen LogP contribution in [-0.4, -0.2) is 40.5 Å². The van der Waals surface area contributed by atoms with E-state index >= 15 is 0 Å². The standard InChI is InChI=1S/C24H26N2O3/c1-3-17(2)14-20-22(23(27)25(20)15-18-10-6-4-7-11-18)26-21(16-29-24(26)28)19-12-8-5-9-13-19/h3-13,17,20-22H,1,14-16H2,2H3. The van der Waals surface area contributed by atoms with Crippen LogP contribution in [0, 0.1) is 5.92 Å². The van der Waals surface area contributed by atoms with Crippen molar-refractivity contribution in [1.29, 1.82) is 0 Å². The molecule has 5 nitrogen and oxygen atoms in total. The van der Waals surface area contributed by atoms with Crippen LogP contribution in [0.1, 0.15) is 30.5 Å². The predicted molar refractivity (Wildman–Crippen MR) is 111 cm³/mol. The zero-order chi connectivity index (χ0) is 20.4. The van der Waals surface area contributed by atoms with E-state index in [4.69, 9.17) is 4.74 Å². The number of nitrogens with zero attached hydrogens (tertiary/aromatic N) is 2. The molecule has 2 heterocycles. The van der Waals surface area contributed by atoms with Crippen molar-refractivity contribution in [2.75, 3.05) is 6.61 Å². The van der Waals surface area contributed by atoms with Gasteiger partial charge in [0.25, 0.3) is 0 Å². The Labute approximate surface area is 171 Å². The van der Waals surface area contributed by atoms with Crippen molar-refractivity contribution in [2.45, 2.75) is 38.0 Å². The maximum atomic E-state index is 13.2. The van der Waals surface area contributed by atoms with E-state index in [-0.39, 0.29) is 30.5 Å². The minimum Gasteiger partial charge on any atom is -0.447 e. The van der Waals surface area contributed by atoms with E-state index in [1.165, 1.54) is 0 Å². The van der Waals surface area contributed by atoms with Gasteiger partial charge in [-0.2, -0.15) is 0 Å². The van der Waals surface area contributed by atoms with Gasteiger partial charge in [-0.05, 0) is 23.5 Å². The molecular weight excluding hydrogens is 364 g/mol. The van der Waals surface area contributed by atoms with Gasteiger partial charge in [-0.3, -0.25) is 9.69 Å². The number of hydrogen-bond acceptors (Lipinski definition) is 3.